The quantitative estimate of drug-likeness (QED) is 0.741. The number of methoxy groups -OCH3 is 1. The van der Waals surface area contributed by atoms with Crippen LogP contribution in [0.3, 0.4) is 0 Å². The minimum atomic E-state index is -4.40. The van der Waals surface area contributed by atoms with Crippen LogP contribution in [0.15, 0.2) is 18.2 Å². The Morgan fingerprint density at radius 1 is 1.33 bits per heavy atom. The highest BCUT2D eigenvalue weighted by Gasteiger charge is 2.26. The number of hydrogen-bond donors (Lipinski definition) is 3. The van der Waals surface area contributed by atoms with Gasteiger partial charge in [0.25, 0.3) is 0 Å². The van der Waals surface area contributed by atoms with E-state index in [1.807, 2.05) is 5.32 Å². The molecule has 0 fully saturated rings. The van der Waals surface area contributed by atoms with Gasteiger partial charge < -0.3 is 20.5 Å². The number of rotatable bonds is 6. The van der Waals surface area contributed by atoms with Gasteiger partial charge in [0.15, 0.2) is 0 Å². The van der Waals surface area contributed by atoms with Gasteiger partial charge in [-0.2, -0.15) is 13.2 Å². The summed E-state index contributed by atoms with van der Waals surface area (Å²) < 4.78 is 40.5. The molecule has 0 aliphatic carbocycles. The van der Waals surface area contributed by atoms with Gasteiger partial charge in [0.2, 0.25) is 5.91 Å². The molecule has 116 valence electrons. The number of anilines is 1. The maximum atomic E-state index is 11.9. The molecule has 3 N–H and O–H groups in total. The number of amides is 1. The minimum absolute atomic E-state index is 0.0311. The molecule has 0 atom stereocenters. The van der Waals surface area contributed by atoms with Crippen LogP contribution >= 0.6 is 0 Å². The highest BCUT2D eigenvalue weighted by molar-refractivity contribution is 5.95. The third-order valence-corrected chi connectivity index (χ3v) is 2.33. The number of benzene rings is 1. The summed E-state index contributed by atoms with van der Waals surface area (Å²) in [7, 11) is 1.26. The number of halogens is 3. The Bertz CT molecular complexity index is 532. The number of carboxylic acid groups (broad SMARTS) is 1. The molecule has 0 radical (unpaired) electrons. The summed E-state index contributed by atoms with van der Waals surface area (Å²) in [5, 5.41) is 13.1. The molecule has 0 spiro atoms. The number of nitrogens with one attached hydrogen (secondary N) is 2. The van der Waals surface area contributed by atoms with Crippen molar-refractivity contribution in [1.29, 1.82) is 0 Å². The van der Waals surface area contributed by atoms with Crippen molar-refractivity contribution in [3.05, 3.63) is 23.8 Å². The molecule has 1 amide bonds. The van der Waals surface area contributed by atoms with Crippen LogP contribution in [0.4, 0.5) is 18.9 Å². The number of ether oxygens (including phenoxy) is 1. The zero-order chi connectivity index (χ0) is 16.0. The van der Waals surface area contributed by atoms with E-state index in [1.54, 1.807) is 0 Å². The van der Waals surface area contributed by atoms with Crippen molar-refractivity contribution < 1.29 is 32.6 Å². The molecule has 0 saturated carbocycles. The van der Waals surface area contributed by atoms with Gasteiger partial charge in [0, 0.05) is 11.8 Å². The molecule has 1 rings (SSSR count). The topological polar surface area (TPSA) is 87.7 Å². The highest BCUT2D eigenvalue weighted by Crippen LogP contribution is 2.23. The number of carbonyl (C=O) groups excluding carboxylic acids is 1. The van der Waals surface area contributed by atoms with Crippen molar-refractivity contribution in [2.75, 3.05) is 25.5 Å². The molecule has 1 aromatic carbocycles. The molecule has 0 saturated heterocycles. The number of aromatic carboxylic acids is 1. The minimum Gasteiger partial charge on any atom is -0.496 e. The molecule has 0 aliphatic heterocycles. The largest absolute Gasteiger partial charge is 0.496 e. The van der Waals surface area contributed by atoms with Gasteiger partial charge in [-0.15, -0.1) is 0 Å². The molecule has 9 heteroatoms. The molecule has 1 aromatic rings. The predicted octanol–water partition coefficient (Wildman–Crippen LogP) is 1.48. The van der Waals surface area contributed by atoms with E-state index >= 15 is 0 Å². The second-order valence-electron chi connectivity index (χ2n) is 3.99. The molecule has 6 nitrogen and oxygen atoms in total. The number of alkyl halides is 3. The van der Waals surface area contributed by atoms with Crippen LogP contribution < -0.4 is 15.4 Å². The Morgan fingerprint density at radius 2 is 2.00 bits per heavy atom. The Morgan fingerprint density at radius 3 is 2.52 bits per heavy atom. The van der Waals surface area contributed by atoms with Crippen LogP contribution in [0.1, 0.15) is 10.4 Å². The van der Waals surface area contributed by atoms with E-state index in [4.69, 9.17) is 9.84 Å². The Balaban J connectivity index is 2.62. The fraction of sp³-hybridized carbons (Fsp3) is 0.333. The number of carbonyl (C=O) groups is 2. The zero-order valence-electron chi connectivity index (χ0n) is 11.0. The van der Waals surface area contributed by atoms with Crippen molar-refractivity contribution in [2.45, 2.75) is 6.18 Å². The van der Waals surface area contributed by atoms with E-state index < -0.39 is 31.1 Å². The van der Waals surface area contributed by atoms with Crippen molar-refractivity contribution in [3.8, 4) is 5.75 Å². The zero-order valence-corrected chi connectivity index (χ0v) is 11.0. The Hall–Kier alpha value is -2.29. The summed E-state index contributed by atoms with van der Waals surface area (Å²) in [4.78, 5) is 22.3. The first-order valence-electron chi connectivity index (χ1n) is 5.71. The molecule has 0 heterocycles. The van der Waals surface area contributed by atoms with Crippen LogP contribution in [0.25, 0.3) is 0 Å². The first-order chi connectivity index (χ1) is 9.73. The van der Waals surface area contributed by atoms with Gasteiger partial charge in [-0.05, 0) is 12.1 Å². The first kappa shape index (κ1) is 16.8. The van der Waals surface area contributed by atoms with Gasteiger partial charge in [-0.25, -0.2) is 4.79 Å². The lowest BCUT2D eigenvalue weighted by Gasteiger charge is -2.10. The third kappa shape index (κ3) is 5.69. The molecular weight excluding hydrogens is 293 g/mol. The fourth-order valence-corrected chi connectivity index (χ4v) is 1.47. The maximum Gasteiger partial charge on any atom is 0.401 e. The monoisotopic (exact) mass is 306 g/mol. The van der Waals surface area contributed by atoms with Gasteiger partial charge >= 0.3 is 12.1 Å². The molecule has 0 aliphatic rings. The maximum absolute atomic E-state index is 11.9. The number of carboxylic acids is 1. The van der Waals surface area contributed by atoms with E-state index in [2.05, 4.69) is 5.32 Å². The van der Waals surface area contributed by atoms with Crippen LogP contribution in [0, 0.1) is 0 Å². The van der Waals surface area contributed by atoms with Gasteiger partial charge in [-0.1, -0.05) is 0 Å². The van der Waals surface area contributed by atoms with E-state index in [-0.39, 0.29) is 17.0 Å². The van der Waals surface area contributed by atoms with E-state index in [1.165, 1.54) is 25.3 Å². The normalized spacial score (nSPS) is 11.0. The summed E-state index contributed by atoms with van der Waals surface area (Å²) in [6.45, 7) is -1.80. The average Bonchev–Trinajstić information content (AvgIpc) is 2.36. The van der Waals surface area contributed by atoms with Crippen LogP contribution in [0.2, 0.25) is 0 Å². The number of hydrogen-bond acceptors (Lipinski definition) is 4. The molecule has 0 aromatic heterocycles. The summed E-state index contributed by atoms with van der Waals surface area (Å²) in [5.41, 5.74) is 0.126. The first-order valence-corrected chi connectivity index (χ1v) is 5.71. The van der Waals surface area contributed by atoms with Crippen LogP contribution in [0.5, 0.6) is 5.75 Å². The lowest BCUT2D eigenvalue weighted by Crippen LogP contribution is -2.35. The van der Waals surface area contributed by atoms with Crippen molar-refractivity contribution >= 4 is 17.6 Å². The summed E-state index contributed by atoms with van der Waals surface area (Å²) >= 11 is 0. The van der Waals surface area contributed by atoms with E-state index in [9.17, 15) is 22.8 Å². The standard InChI is InChI=1S/C12H13F3N2O4/c1-21-9-4-7(2-3-8(9)11(19)20)17-10(18)5-16-6-12(13,14)15/h2-4,16H,5-6H2,1H3,(H,17,18)(H,19,20). The van der Waals surface area contributed by atoms with Gasteiger partial charge in [0.05, 0.1) is 20.2 Å². The van der Waals surface area contributed by atoms with Gasteiger partial charge in [0.1, 0.15) is 11.3 Å². The molecule has 0 unspecified atom stereocenters. The second-order valence-corrected chi connectivity index (χ2v) is 3.99. The molecular formula is C12H13F3N2O4. The van der Waals surface area contributed by atoms with E-state index in [0.29, 0.717) is 0 Å². The Kier molecular flexibility index (Phi) is 5.53. The third-order valence-electron chi connectivity index (χ3n) is 2.33. The SMILES string of the molecule is COc1cc(NC(=O)CNCC(F)(F)F)ccc1C(=O)O. The molecule has 0 bridgehead atoms. The Labute approximate surface area is 117 Å². The smallest absolute Gasteiger partial charge is 0.401 e. The highest BCUT2D eigenvalue weighted by atomic mass is 19.4. The van der Waals surface area contributed by atoms with Gasteiger partial charge in [-0.3, -0.25) is 4.79 Å². The van der Waals surface area contributed by atoms with Crippen LogP contribution in [-0.4, -0.2) is 43.4 Å². The summed E-state index contributed by atoms with van der Waals surface area (Å²) in [5.74, 6) is -1.86. The fourth-order valence-electron chi connectivity index (χ4n) is 1.47. The second kappa shape index (κ2) is 6.93. The lowest BCUT2D eigenvalue weighted by atomic mass is 10.2. The summed E-state index contributed by atoms with van der Waals surface area (Å²) in [6.07, 6.45) is -4.40. The molecule has 21 heavy (non-hydrogen) atoms. The van der Waals surface area contributed by atoms with Crippen LogP contribution in [-0.2, 0) is 4.79 Å². The van der Waals surface area contributed by atoms with Crippen molar-refractivity contribution in [3.63, 3.8) is 0 Å². The summed E-state index contributed by atoms with van der Waals surface area (Å²) in [6, 6.07) is 3.80. The van der Waals surface area contributed by atoms with E-state index in [0.717, 1.165) is 0 Å². The van der Waals surface area contributed by atoms with Crippen molar-refractivity contribution in [2.24, 2.45) is 0 Å². The van der Waals surface area contributed by atoms with Crippen molar-refractivity contribution in [1.82, 2.24) is 5.32 Å². The predicted molar refractivity (Wildman–Crippen MR) is 67.5 cm³/mol. The lowest BCUT2D eigenvalue weighted by molar-refractivity contribution is -0.126. The average molecular weight is 306 g/mol.